The highest BCUT2D eigenvalue weighted by molar-refractivity contribution is 5.77. The highest BCUT2D eigenvalue weighted by Crippen LogP contribution is 2.41. The van der Waals surface area contributed by atoms with Crippen molar-refractivity contribution in [3.8, 4) is 0 Å². The van der Waals surface area contributed by atoms with Gasteiger partial charge in [-0.2, -0.15) is 10.1 Å². The Morgan fingerprint density at radius 1 is 1.23 bits per heavy atom. The van der Waals surface area contributed by atoms with E-state index in [1.54, 1.807) is 4.52 Å². The lowest BCUT2D eigenvalue weighted by molar-refractivity contribution is -0.124. The van der Waals surface area contributed by atoms with Crippen molar-refractivity contribution in [1.29, 1.82) is 0 Å². The quantitative estimate of drug-likeness (QED) is 0.769. The molecule has 1 aliphatic rings. The third kappa shape index (κ3) is 2.85. The minimum Gasteiger partial charge on any atom is -0.347 e. The van der Waals surface area contributed by atoms with E-state index in [9.17, 15) is 4.79 Å². The molecular weight excluding hydrogens is 326 g/mol. The fourth-order valence-corrected chi connectivity index (χ4v) is 3.86. The van der Waals surface area contributed by atoms with Gasteiger partial charge in [0.1, 0.15) is 6.33 Å². The van der Waals surface area contributed by atoms with Gasteiger partial charge in [-0.3, -0.25) is 4.79 Å². The number of benzene rings is 1. The molecule has 1 saturated carbocycles. The van der Waals surface area contributed by atoms with Gasteiger partial charge >= 0.3 is 0 Å². The van der Waals surface area contributed by atoms with E-state index in [1.807, 2.05) is 32.0 Å². The van der Waals surface area contributed by atoms with Gasteiger partial charge in [0.05, 0.1) is 5.54 Å². The van der Waals surface area contributed by atoms with E-state index in [0.29, 0.717) is 18.6 Å². The predicted octanol–water partition coefficient (Wildman–Crippen LogP) is 2.87. The van der Waals surface area contributed by atoms with Crippen molar-refractivity contribution in [2.45, 2.75) is 51.5 Å². The molecule has 0 atom stereocenters. The first-order valence-corrected chi connectivity index (χ1v) is 9.11. The molecule has 1 aromatic carbocycles. The molecule has 0 aliphatic heterocycles. The van der Waals surface area contributed by atoms with Crippen molar-refractivity contribution in [2.75, 3.05) is 0 Å². The van der Waals surface area contributed by atoms with Gasteiger partial charge in [0.15, 0.2) is 0 Å². The Morgan fingerprint density at radius 2 is 2.00 bits per heavy atom. The summed E-state index contributed by atoms with van der Waals surface area (Å²) in [5.41, 5.74) is 4.01. The number of hydrogen-bond acceptors (Lipinski definition) is 4. The first kappa shape index (κ1) is 16.7. The van der Waals surface area contributed by atoms with E-state index in [-0.39, 0.29) is 11.4 Å². The Hall–Kier alpha value is -2.76. The number of fused-ring (bicyclic) bond motifs is 1. The number of nitrogens with one attached hydrogen (secondary N) is 1. The molecule has 0 unspecified atom stereocenters. The summed E-state index contributed by atoms with van der Waals surface area (Å²) in [4.78, 5) is 21.3. The maximum absolute atomic E-state index is 12.7. The third-order valence-electron chi connectivity index (χ3n) is 5.50. The van der Waals surface area contributed by atoms with Crippen molar-refractivity contribution >= 4 is 11.7 Å². The second-order valence-electron chi connectivity index (χ2n) is 7.08. The molecule has 0 saturated heterocycles. The lowest BCUT2D eigenvalue weighted by atomic mass is 9.71. The van der Waals surface area contributed by atoms with Crippen molar-refractivity contribution in [3.05, 3.63) is 59.2 Å². The van der Waals surface area contributed by atoms with E-state index in [2.05, 4.69) is 32.5 Å². The summed E-state index contributed by atoms with van der Waals surface area (Å²) in [6.07, 6.45) is 5.77. The monoisotopic (exact) mass is 349 g/mol. The Balaban J connectivity index is 1.48. The molecule has 0 spiro atoms. The predicted molar refractivity (Wildman–Crippen MR) is 98.7 cm³/mol. The Morgan fingerprint density at radius 3 is 2.69 bits per heavy atom. The molecule has 1 fully saturated rings. The Labute approximate surface area is 152 Å². The van der Waals surface area contributed by atoms with Crippen LogP contribution in [0.3, 0.4) is 0 Å². The Kier molecular flexibility index (Phi) is 4.18. The molecule has 6 nitrogen and oxygen atoms in total. The van der Waals surface area contributed by atoms with Crippen LogP contribution in [0, 0.1) is 13.8 Å². The summed E-state index contributed by atoms with van der Waals surface area (Å²) in [6.45, 7) is 3.97. The summed E-state index contributed by atoms with van der Waals surface area (Å²) < 4.78 is 1.73. The van der Waals surface area contributed by atoms with Gasteiger partial charge in [-0.25, -0.2) is 9.50 Å². The van der Waals surface area contributed by atoms with Gasteiger partial charge < -0.3 is 5.32 Å². The van der Waals surface area contributed by atoms with E-state index < -0.39 is 0 Å². The van der Waals surface area contributed by atoms with E-state index >= 15 is 0 Å². The zero-order chi connectivity index (χ0) is 18.1. The smallest absolute Gasteiger partial charge is 0.252 e. The van der Waals surface area contributed by atoms with Crippen LogP contribution >= 0.6 is 0 Å². The van der Waals surface area contributed by atoms with Crippen molar-refractivity contribution in [1.82, 2.24) is 24.9 Å². The summed E-state index contributed by atoms with van der Waals surface area (Å²) >= 11 is 0. The van der Waals surface area contributed by atoms with E-state index in [0.717, 1.165) is 36.2 Å². The number of carbonyl (C=O) groups is 1. The summed E-state index contributed by atoms with van der Waals surface area (Å²) in [7, 11) is 0. The summed E-state index contributed by atoms with van der Waals surface area (Å²) in [6, 6.07) is 10.3. The summed E-state index contributed by atoms with van der Waals surface area (Å²) in [5.74, 6) is 0.691. The minimum atomic E-state index is -0.184. The highest BCUT2D eigenvalue weighted by Gasteiger charge is 2.39. The molecule has 26 heavy (non-hydrogen) atoms. The van der Waals surface area contributed by atoms with Crippen molar-refractivity contribution < 1.29 is 4.79 Å². The van der Waals surface area contributed by atoms with Crippen LogP contribution in [0.25, 0.3) is 5.78 Å². The topological polar surface area (TPSA) is 72.2 Å². The second kappa shape index (κ2) is 6.52. The standard InChI is InChI=1S/C20H23N5O/c1-14-17(15(2)25-19(23-14)21-13-22-25)9-10-18(26)24-20(11-6-12-20)16-7-4-3-5-8-16/h3-5,7-8,13H,6,9-12H2,1-2H3,(H,24,26). The van der Waals surface area contributed by atoms with Gasteiger partial charge in [0.25, 0.3) is 5.78 Å². The fraction of sp³-hybridized carbons (Fsp3) is 0.400. The van der Waals surface area contributed by atoms with Crippen molar-refractivity contribution in [2.24, 2.45) is 0 Å². The molecule has 0 bridgehead atoms. The number of rotatable bonds is 5. The molecule has 0 radical (unpaired) electrons. The largest absolute Gasteiger partial charge is 0.347 e. The van der Waals surface area contributed by atoms with Crippen LogP contribution in [0.4, 0.5) is 0 Å². The first-order chi connectivity index (χ1) is 12.6. The molecule has 1 amide bonds. The van der Waals surface area contributed by atoms with Crippen LogP contribution in [-0.4, -0.2) is 25.5 Å². The number of amides is 1. The lowest BCUT2D eigenvalue weighted by Crippen LogP contribution is -2.50. The van der Waals surface area contributed by atoms with E-state index in [4.69, 9.17) is 0 Å². The SMILES string of the molecule is Cc1nc2ncnn2c(C)c1CCC(=O)NC1(c2ccccc2)CCC1. The molecule has 1 aliphatic carbocycles. The lowest BCUT2D eigenvalue weighted by Gasteiger charge is -2.43. The first-order valence-electron chi connectivity index (χ1n) is 9.11. The van der Waals surface area contributed by atoms with Crippen LogP contribution < -0.4 is 5.32 Å². The maximum atomic E-state index is 12.7. The van der Waals surface area contributed by atoms with Crippen LogP contribution in [0.5, 0.6) is 0 Å². The Bertz CT molecular complexity index is 943. The van der Waals surface area contributed by atoms with Crippen LogP contribution in [0.15, 0.2) is 36.7 Å². The van der Waals surface area contributed by atoms with Crippen molar-refractivity contribution in [3.63, 3.8) is 0 Å². The van der Waals surface area contributed by atoms with Crippen LogP contribution in [0.2, 0.25) is 0 Å². The number of carbonyl (C=O) groups excluding carboxylic acids is 1. The van der Waals surface area contributed by atoms with Gasteiger partial charge in [0, 0.05) is 17.8 Å². The molecule has 6 heteroatoms. The number of nitrogens with zero attached hydrogens (tertiary/aromatic N) is 4. The number of hydrogen-bond donors (Lipinski definition) is 1. The van der Waals surface area contributed by atoms with E-state index in [1.165, 1.54) is 11.9 Å². The molecular formula is C20H23N5O. The van der Waals surface area contributed by atoms with Gasteiger partial charge in [-0.05, 0) is 50.7 Å². The van der Waals surface area contributed by atoms with Gasteiger partial charge in [0.2, 0.25) is 5.91 Å². The highest BCUT2D eigenvalue weighted by atomic mass is 16.1. The number of aryl methyl sites for hydroxylation is 2. The molecule has 2 heterocycles. The third-order valence-corrected chi connectivity index (χ3v) is 5.50. The normalized spacial score (nSPS) is 15.6. The van der Waals surface area contributed by atoms with Gasteiger partial charge in [-0.1, -0.05) is 30.3 Å². The number of aromatic nitrogens is 4. The van der Waals surface area contributed by atoms with Crippen LogP contribution in [-0.2, 0) is 16.8 Å². The average Bonchev–Trinajstić information content (AvgIpc) is 3.07. The van der Waals surface area contributed by atoms with Crippen LogP contribution in [0.1, 0.15) is 48.2 Å². The average molecular weight is 349 g/mol. The molecule has 1 N–H and O–H groups in total. The van der Waals surface area contributed by atoms with Gasteiger partial charge in [-0.15, -0.1) is 0 Å². The minimum absolute atomic E-state index is 0.0889. The molecule has 134 valence electrons. The maximum Gasteiger partial charge on any atom is 0.252 e. The summed E-state index contributed by atoms with van der Waals surface area (Å²) in [5, 5.41) is 7.50. The zero-order valence-electron chi connectivity index (χ0n) is 15.2. The second-order valence-corrected chi connectivity index (χ2v) is 7.08. The molecule has 2 aromatic heterocycles. The fourth-order valence-electron chi connectivity index (χ4n) is 3.86. The molecule has 4 rings (SSSR count). The zero-order valence-corrected chi connectivity index (χ0v) is 15.2. The molecule has 3 aromatic rings.